The average Bonchev–Trinajstić information content (AvgIpc) is 2.25. The number of aliphatic hydroxyl groups is 4. The molecular formula is C8H16O6S. The molecule has 90 valence electrons. The Labute approximate surface area is 92.8 Å². The van der Waals surface area contributed by atoms with Gasteiger partial charge in [0.2, 0.25) is 0 Å². The van der Waals surface area contributed by atoms with E-state index in [1.165, 1.54) is 0 Å². The van der Waals surface area contributed by atoms with E-state index in [4.69, 9.17) is 14.6 Å². The number of ether oxygens (including phenoxy) is 2. The van der Waals surface area contributed by atoms with Crippen LogP contribution in [0.15, 0.2) is 0 Å². The zero-order valence-corrected chi connectivity index (χ0v) is 8.96. The summed E-state index contributed by atoms with van der Waals surface area (Å²) >= 11 is 3.91. The summed E-state index contributed by atoms with van der Waals surface area (Å²) in [6.45, 7) is -0.211. The third kappa shape index (κ3) is 3.04. The lowest BCUT2D eigenvalue weighted by atomic mass is 9.99. The van der Waals surface area contributed by atoms with Crippen LogP contribution in [0.25, 0.3) is 0 Å². The van der Waals surface area contributed by atoms with Crippen LogP contribution in [-0.4, -0.2) is 70.1 Å². The summed E-state index contributed by atoms with van der Waals surface area (Å²) in [5.74, 6) is 0.440. The van der Waals surface area contributed by atoms with E-state index in [1.807, 2.05) is 0 Å². The molecule has 0 aliphatic carbocycles. The molecule has 15 heavy (non-hydrogen) atoms. The Morgan fingerprint density at radius 2 is 1.80 bits per heavy atom. The van der Waals surface area contributed by atoms with Gasteiger partial charge in [-0.1, -0.05) is 0 Å². The molecule has 0 bridgehead atoms. The number of aliphatic hydroxyl groups excluding tert-OH is 4. The van der Waals surface area contributed by atoms with Crippen LogP contribution in [0.3, 0.4) is 0 Å². The Balaban J connectivity index is 2.57. The lowest BCUT2D eigenvalue weighted by molar-refractivity contribution is -0.299. The van der Waals surface area contributed by atoms with Crippen LogP contribution in [-0.2, 0) is 9.47 Å². The van der Waals surface area contributed by atoms with Gasteiger partial charge in [-0.2, -0.15) is 12.6 Å². The maximum atomic E-state index is 9.48. The normalized spacial score (nSPS) is 41.8. The van der Waals surface area contributed by atoms with Crippen molar-refractivity contribution in [1.82, 2.24) is 0 Å². The maximum absolute atomic E-state index is 9.48. The van der Waals surface area contributed by atoms with Gasteiger partial charge in [-0.15, -0.1) is 0 Å². The van der Waals surface area contributed by atoms with Gasteiger partial charge in [0.05, 0.1) is 13.2 Å². The minimum Gasteiger partial charge on any atom is -0.394 e. The smallest absolute Gasteiger partial charge is 0.186 e. The van der Waals surface area contributed by atoms with E-state index in [9.17, 15) is 15.3 Å². The van der Waals surface area contributed by atoms with E-state index in [0.717, 1.165) is 0 Å². The van der Waals surface area contributed by atoms with Crippen LogP contribution in [0.5, 0.6) is 0 Å². The zero-order valence-electron chi connectivity index (χ0n) is 8.06. The van der Waals surface area contributed by atoms with Crippen molar-refractivity contribution in [2.75, 3.05) is 19.0 Å². The van der Waals surface area contributed by atoms with E-state index in [1.54, 1.807) is 0 Å². The van der Waals surface area contributed by atoms with Gasteiger partial charge < -0.3 is 29.9 Å². The monoisotopic (exact) mass is 240 g/mol. The van der Waals surface area contributed by atoms with Crippen LogP contribution in [0.1, 0.15) is 0 Å². The molecule has 0 aromatic carbocycles. The van der Waals surface area contributed by atoms with Crippen LogP contribution in [0.4, 0.5) is 0 Å². The summed E-state index contributed by atoms with van der Waals surface area (Å²) in [7, 11) is 0. The molecule has 0 unspecified atom stereocenters. The lowest BCUT2D eigenvalue weighted by Crippen LogP contribution is -2.59. The predicted molar refractivity (Wildman–Crippen MR) is 53.6 cm³/mol. The quantitative estimate of drug-likeness (QED) is 0.355. The van der Waals surface area contributed by atoms with Crippen molar-refractivity contribution in [2.24, 2.45) is 0 Å². The van der Waals surface area contributed by atoms with Crippen molar-refractivity contribution < 1.29 is 29.9 Å². The van der Waals surface area contributed by atoms with Gasteiger partial charge in [0, 0.05) is 5.75 Å². The largest absolute Gasteiger partial charge is 0.394 e. The summed E-state index contributed by atoms with van der Waals surface area (Å²) in [6, 6.07) is 0. The van der Waals surface area contributed by atoms with Crippen LogP contribution in [0.2, 0.25) is 0 Å². The highest BCUT2D eigenvalue weighted by molar-refractivity contribution is 7.80. The Bertz CT molecular complexity index is 190. The van der Waals surface area contributed by atoms with E-state index in [2.05, 4.69) is 12.6 Å². The molecule has 0 spiro atoms. The van der Waals surface area contributed by atoms with Gasteiger partial charge in [0.25, 0.3) is 0 Å². The second-order valence-corrected chi connectivity index (χ2v) is 3.74. The average molecular weight is 240 g/mol. The van der Waals surface area contributed by atoms with Crippen LogP contribution >= 0.6 is 12.6 Å². The van der Waals surface area contributed by atoms with Gasteiger partial charge in [0.15, 0.2) is 6.29 Å². The Hall–Kier alpha value is 0.110. The molecule has 1 saturated heterocycles. The fourth-order valence-corrected chi connectivity index (χ4v) is 1.48. The highest BCUT2D eigenvalue weighted by Gasteiger charge is 2.43. The molecule has 4 N–H and O–H groups in total. The second-order valence-electron chi connectivity index (χ2n) is 3.29. The molecule has 1 fully saturated rings. The molecule has 0 radical (unpaired) electrons. The predicted octanol–water partition coefficient (Wildman–Crippen LogP) is -2.27. The lowest BCUT2D eigenvalue weighted by Gasteiger charge is -2.39. The molecule has 5 atom stereocenters. The SMILES string of the molecule is OC[C@H]1O[C@@H](OCCS)[C@H](O)[C@@H](O)[C@H]1O. The molecule has 0 amide bonds. The molecule has 6 nitrogen and oxygen atoms in total. The first-order chi connectivity index (χ1) is 7.11. The molecule has 1 heterocycles. The first-order valence-electron chi connectivity index (χ1n) is 4.64. The molecular weight excluding hydrogens is 224 g/mol. The Morgan fingerprint density at radius 3 is 2.33 bits per heavy atom. The molecule has 0 aromatic rings. The van der Waals surface area contributed by atoms with Gasteiger partial charge in [0.1, 0.15) is 24.4 Å². The van der Waals surface area contributed by atoms with E-state index >= 15 is 0 Å². The zero-order chi connectivity index (χ0) is 11.4. The van der Waals surface area contributed by atoms with Crippen molar-refractivity contribution >= 4 is 12.6 Å². The minimum absolute atomic E-state index is 0.242. The fraction of sp³-hybridized carbons (Fsp3) is 1.00. The third-order valence-electron chi connectivity index (χ3n) is 2.22. The summed E-state index contributed by atoms with van der Waals surface area (Å²) in [5, 5.41) is 37.2. The van der Waals surface area contributed by atoms with Gasteiger partial charge >= 0.3 is 0 Å². The van der Waals surface area contributed by atoms with Gasteiger partial charge in [-0.3, -0.25) is 0 Å². The number of rotatable bonds is 4. The van der Waals surface area contributed by atoms with Crippen LogP contribution in [0, 0.1) is 0 Å². The highest BCUT2D eigenvalue weighted by Crippen LogP contribution is 2.21. The molecule has 7 heteroatoms. The summed E-state index contributed by atoms with van der Waals surface area (Å²) in [5.41, 5.74) is 0. The van der Waals surface area contributed by atoms with E-state index < -0.39 is 37.3 Å². The van der Waals surface area contributed by atoms with Crippen molar-refractivity contribution in [3.8, 4) is 0 Å². The summed E-state index contributed by atoms with van der Waals surface area (Å²) < 4.78 is 10.1. The Morgan fingerprint density at radius 1 is 1.13 bits per heavy atom. The first kappa shape index (κ1) is 13.2. The van der Waals surface area contributed by atoms with Gasteiger partial charge in [-0.25, -0.2) is 0 Å². The van der Waals surface area contributed by atoms with E-state index in [0.29, 0.717) is 5.75 Å². The Kier molecular flexibility index (Phi) is 5.27. The number of hydrogen-bond donors (Lipinski definition) is 5. The van der Waals surface area contributed by atoms with Gasteiger partial charge in [-0.05, 0) is 0 Å². The number of hydrogen-bond acceptors (Lipinski definition) is 7. The van der Waals surface area contributed by atoms with Crippen molar-refractivity contribution in [3.05, 3.63) is 0 Å². The maximum Gasteiger partial charge on any atom is 0.186 e. The number of thiol groups is 1. The minimum atomic E-state index is -1.39. The topological polar surface area (TPSA) is 99.4 Å². The molecule has 1 rings (SSSR count). The molecule has 1 aliphatic rings. The molecule has 0 saturated carbocycles. The third-order valence-corrected chi connectivity index (χ3v) is 2.40. The summed E-state index contributed by atoms with van der Waals surface area (Å²) in [4.78, 5) is 0. The van der Waals surface area contributed by atoms with Crippen molar-refractivity contribution in [3.63, 3.8) is 0 Å². The second kappa shape index (κ2) is 6.00. The summed E-state index contributed by atoms with van der Waals surface area (Å²) in [6.07, 6.45) is -6.04. The molecule has 0 aromatic heterocycles. The van der Waals surface area contributed by atoms with E-state index in [-0.39, 0.29) is 6.61 Å². The van der Waals surface area contributed by atoms with Crippen LogP contribution < -0.4 is 0 Å². The fourth-order valence-electron chi connectivity index (χ4n) is 1.37. The standard InChI is InChI=1S/C8H16O6S/c9-3-4-5(10)6(11)7(12)8(14-4)13-1-2-15/h4-12,15H,1-3H2/t4-,5+,6+,7-,8-/m1/s1. The highest BCUT2D eigenvalue weighted by atomic mass is 32.1. The van der Waals surface area contributed by atoms with Crippen molar-refractivity contribution in [2.45, 2.75) is 30.7 Å². The first-order valence-corrected chi connectivity index (χ1v) is 5.28. The van der Waals surface area contributed by atoms with Crippen molar-refractivity contribution in [1.29, 1.82) is 0 Å². The molecule has 1 aliphatic heterocycles.